The predicted molar refractivity (Wildman–Crippen MR) is 89.7 cm³/mol. The molecule has 1 aliphatic heterocycles. The average molecular weight is 344 g/mol. The van der Waals surface area contributed by atoms with Gasteiger partial charge in [0.05, 0.1) is 6.42 Å². The number of aryl methyl sites for hydroxylation is 2. The number of hydrogen-bond donors (Lipinski definition) is 0. The quantitative estimate of drug-likeness (QED) is 0.796. The lowest BCUT2D eigenvalue weighted by molar-refractivity contribution is -0.118. The normalized spacial score (nSPS) is 13.9. The van der Waals surface area contributed by atoms with Gasteiger partial charge in [0, 0.05) is 16.7 Å². The van der Waals surface area contributed by atoms with Gasteiger partial charge in [-0.3, -0.25) is 4.79 Å². The van der Waals surface area contributed by atoms with Gasteiger partial charge in [-0.1, -0.05) is 45.8 Å². The van der Waals surface area contributed by atoms with E-state index in [2.05, 4.69) is 41.1 Å². The summed E-state index contributed by atoms with van der Waals surface area (Å²) >= 11 is 3.46. The van der Waals surface area contributed by atoms with Crippen LogP contribution in [-0.2, 0) is 17.6 Å². The highest BCUT2D eigenvalue weighted by molar-refractivity contribution is 9.10. The van der Waals surface area contributed by atoms with Crippen molar-refractivity contribution in [2.75, 3.05) is 11.4 Å². The van der Waals surface area contributed by atoms with E-state index in [1.54, 1.807) is 0 Å². The average Bonchev–Trinajstić information content (AvgIpc) is 2.46. The van der Waals surface area contributed by atoms with E-state index in [4.69, 9.17) is 0 Å². The first-order valence-corrected chi connectivity index (χ1v) is 8.07. The molecule has 0 bridgehead atoms. The lowest BCUT2D eigenvalue weighted by Crippen LogP contribution is -2.36. The van der Waals surface area contributed by atoms with Crippen LogP contribution in [0.25, 0.3) is 0 Å². The molecule has 3 rings (SSSR count). The number of anilines is 1. The molecule has 1 aliphatic rings. The summed E-state index contributed by atoms with van der Waals surface area (Å²) in [7, 11) is 0. The molecular weight excluding hydrogens is 326 g/mol. The van der Waals surface area contributed by atoms with Gasteiger partial charge < -0.3 is 4.90 Å². The lowest BCUT2D eigenvalue weighted by atomic mass is 9.99. The minimum atomic E-state index is 0.179. The first-order valence-electron chi connectivity index (χ1n) is 7.28. The molecule has 0 unspecified atom stereocenters. The number of rotatable bonds is 2. The Morgan fingerprint density at radius 2 is 2.10 bits per heavy atom. The van der Waals surface area contributed by atoms with Gasteiger partial charge in [0.2, 0.25) is 5.91 Å². The topological polar surface area (TPSA) is 20.3 Å². The van der Waals surface area contributed by atoms with Crippen LogP contribution in [0.1, 0.15) is 23.1 Å². The summed E-state index contributed by atoms with van der Waals surface area (Å²) < 4.78 is 1.02. The summed E-state index contributed by atoms with van der Waals surface area (Å²) in [4.78, 5) is 14.6. The van der Waals surface area contributed by atoms with Crippen LogP contribution in [0.15, 0.2) is 46.9 Å². The Morgan fingerprint density at radius 1 is 1.24 bits per heavy atom. The van der Waals surface area contributed by atoms with E-state index in [1.165, 1.54) is 11.1 Å². The van der Waals surface area contributed by atoms with Gasteiger partial charge in [-0.05, 0) is 49.1 Å². The maximum Gasteiger partial charge on any atom is 0.231 e. The van der Waals surface area contributed by atoms with Crippen molar-refractivity contribution in [3.8, 4) is 0 Å². The number of benzene rings is 2. The number of nitrogens with zero attached hydrogens (tertiary/aromatic N) is 1. The number of carbonyl (C=O) groups is 1. The molecule has 0 saturated carbocycles. The molecule has 0 N–H and O–H groups in total. The Balaban J connectivity index is 1.83. The first kappa shape index (κ1) is 14.3. The number of fused-ring (bicyclic) bond motifs is 1. The molecule has 0 saturated heterocycles. The van der Waals surface area contributed by atoms with Crippen LogP contribution >= 0.6 is 15.9 Å². The molecule has 0 aliphatic carbocycles. The van der Waals surface area contributed by atoms with Crippen molar-refractivity contribution in [3.63, 3.8) is 0 Å². The molecule has 21 heavy (non-hydrogen) atoms. The summed E-state index contributed by atoms with van der Waals surface area (Å²) in [5.74, 6) is 0.179. The van der Waals surface area contributed by atoms with Gasteiger partial charge in [0.1, 0.15) is 0 Å². The number of carbonyl (C=O) groups excluding carboxylic acids is 1. The molecule has 108 valence electrons. The molecule has 0 spiro atoms. The molecule has 0 fully saturated rings. The van der Waals surface area contributed by atoms with E-state index in [9.17, 15) is 4.79 Å². The van der Waals surface area contributed by atoms with E-state index in [1.807, 2.05) is 29.2 Å². The second-order valence-electron chi connectivity index (χ2n) is 5.59. The summed E-state index contributed by atoms with van der Waals surface area (Å²) in [6.07, 6.45) is 2.56. The fourth-order valence-electron chi connectivity index (χ4n) is 2.90. The highest BCUT2D eigenvalue weighted by Gasteiger charge is 2.22. The highest BCUT2D eigenvalue weighted by atomic mass is 79.9. The smallest absolute Gasteiger partial charge is 0.231 e. The van der Waals surface area contributed by atoms with Crippen LogP contribution in [0.4, 0.5) is 5.69 Å². The van der Waals surface area contributed by atoms with Crippen LogP contribution in [0.2, 0.25) is 0 Å². The summed E-state index contributed by atoms with van der Waals surface area (Å²) in [5, 5.41) is 0. The zero-order valence-electron chi connectivity index (χ0n) is 12.1. The van der Waals surface area contributed by atoms with Gasteiger partial charge in [0.25, 0.3) is 0 Å². The third-order valence-electron chi connectivity index (χ3n) is 3.90. The molecule has 0 aromatic heterocycles. The maximum absolute atomic E-state index is 12.6. The Labute approximate surface area is 133 Å². The van der Waals surface area contributed by atoms with Gasteiger partial charge in [-0.2, -0.15) is 0 Å². The summed E-state index contributed by atoms with van der Waals surface area (Å²) in [5.41, 5.74) is 4.69. The van der Waals surface area contributed by atoms with E-state index in [-0.39, 0.29) is 5.91 Å². The maximum atomic E-state index is 12.6. The Bertz CT molecular complexity index is 681. The van der Waals surface area contributed by atoms with Crippen molar-refractivity contribution in [3.05, 3.63) is 63.6 Å². The number of amides is 1. The fraction of sp³-hybridized carbons (Fsp3) is 0.278. The summed E-state index contributed by atoms with van der Waals surface area (Å²) in [6.45, 7) is 2.92. The molecule has 2 nitrogen and oxygen atoms in total. The minimum absolute atomic E-state index is 0.179. The van der Waals surface area contributed by atoms with E-state index in [0.29, 0.717) is 6.42 Å². The minimum Gasteiger partial charge on any atom is -0.312 e. The van der Waals surface area contributed by atoms with Crippen LogP contribution in [0.3, 0.4) is 0 Å². The summed E-state index contributed by atoms with van der Waals surface area (Å²) in [6, 6.07) is 14.3. The van der Waals surface area contributed by atoms with Crippen LogP contribution in [-0.4, -0.2) is 12.5 Å². The molecule has 0 atom stereocenters. The number of halogens is 1. The standard InChI is InChI=1S/C18H18BrNO/c1-13-7-8-17-15(10-13)5-3-9-20(17)18(21)12-14-4-2-6-16(19)11-14/h2,4,6-8,10-11H,3,5,9,12H2,1H3. The SMILES string of the molecule is Cc1ccc2c(c1)CCCN2C(=O)Cc1cccc(Br)c1. The monoisotopic (exact) mass is 343 g/mol. The fourth-order valence-corrected chi connectivity index (χ4v) is 3.35. The molecule has 2 aromatic rings. The largest absolute Gasteiger partial charge is 0.312 e. The van der Waals surface area contributed by atoms with Crippen molar-refractivity contribution >= 4 is 27.5 Å². The predicted octanol–water partition coefficient (Wildman–Crippen LogP) is 4.28. The van der Waals surface area contributed by atoms with Gasteiger partial charge in [0.15, 0.2) is 0 Å². The lowest BCUT2D eigenvalue weighted by Gasteiger charge is -2.30. The van der Waals surface area contributed by atoms with Crippen molar-refractivity contribution in [1.29, 1.82) is 0 Å². The van der Waals surface area contributed by atoms with Crippen LogP contribution in [0, 0.1) is 6.92 Å². The zero-order chi connectivity index (χ0) is 14.8. The first-order chi connectivity index (χ1) is 10.1. The van der Waals surface area contributed by atoms with Gasteiger partial charge in [-0.15, -0.1) is 0 Å². The van der Waals surface area contributed by atoms with Crippen molar-refractivity contribution in [2.45, 2.75) is 26.2 Å². The second-order valence-corrected chi connectivity index (χ2v) is 6.50. The number of hydrogen-bond acceptors (Lipinski definition) is 1. The van der Waals surface area contributed by atoms with E-state index < -0.39 is 0 Å². The van der Waals surface area contributed by atoms with E-state index in [0.717, 1.165) is 35.1 Å². The van der Waals surface area contributed by atoms with Gasteiger partial charge >= 0.3 is 0 Å². The highest BCUT2D eigenvalue weighted by Crippen LogP contribution is 2.28. The Kier molecular flexibility index (Phi) is 4.11. The third kappa shape index (κ3) is 3.18. The molecule has 3 heteroatoms. The van der Waals surface area contributed by atoms with Crippen LogP contribution < -0.4 is 4.90 Å². The Morgan fingerprint density at radius 3 is 2.90 bits per heavy atom. The van der Waals surface area contributed by atoms with Crippen molar-refractivity contribution < 1.29 is 4.79 Å². The van der Waals surface area contributed by atoms with Crippen molar-refractivity contribution in [2.24, 2.45) is 0 Å². The second kappa shape index (κ2) is 6.02. The van der Waals surface area contributed by atoms with Gasteiger partial charge in [-0.25, -0.2) is 0 Å². The Hall–Kier alpha value is -1.61. The molecule has 2 aromatic carbocycles. The van der Waals surface area contributed by atoms with Crippen molar-refractivity contribution in [1.82, 2.24) is 0 Å². The molecule has 1 amide bonds. The third-order valence-corrected chi connectivity index (χ3v) is 4.39. The zero-order valence-corrected chi connectivity index (χ0v) is 13.7. The van der Waals surface area contributed by atoms with Crippen LogP contribution in [0.5, 0.6) is 0 Å². The van der Waals surface area contributed by atoms with E-state index >= 15 is 0 Å². The molecular formula is C18H18BrNO. The molecule has 1 heterocycles. The molecule has 0 radical (unpaired) electrons.